The second kappa shape index (κ2) is 11.3. The van der Waals surface area contributed by atoms with Crippen molar-refractivity contribution in [2.75, 3.05) is 18.5 Å². The van der Waals surface area contributed by atoms with Crippen LogP contribution in [0.3, 0.4) is 0 Å². The highest BCUT2D eigenvalue weighted by Gasteiger charge is 2.50. The zero-order valence-electron chi connectivity index (χ0n) is 24.3. The van der Waals surface area contributed by atoms with E-state index in [4.69, 9.17) is 14.6 Å². The van der Waals surface area contributed by atoms with Gasteiger partial charge in [0.25, 0.3) is 0 Å². The number of H-pyrrole nitrogens is 1. The maximum absolute atomic E-state index is 12.8. The number of aliphatic hydroxyl groups is 1. The Morgan fingerprint density at radius 2 is 1.88 bits per heavy atom. The normalized spacial score (nSPS) is 16.3. The highest BCUT2D eigenvalue weighted by molar-refractivity contribution is 6.07. The Bertz CT molecular complexity index is 1660. The fourth-order valence-electron chi connectivity index (χ4n) is 6.33. The van der Waals surface area contributed by atoms with Crippen molar-refractivity contribution in [2.45, 2.75) is 63.0 Å². The van der Waals surface area contributed by atoms with Gasteiger partial charge < -0.3 is 35.3 Å². The van der Waals surface area contributed by atoms with Gasteiger partial charge in [-0.05, 0) is 62.9 Å². The van der Waals surface area contributed by atoms with Crippen LogP contribution >= 0.6 is 0 Å². The van der Waals surface area contributed by atoms with Crippen LogP contribution in [0.4, 0.5) is 5.69 Å². The number of carbonyl (C=O) groups is 2. The minimum atomic E-state index is -1.04. The molecular weight excluding hydrogens is 548 g/mol. The van der Waals surface area contributed by atoms with Crippen LogP contribution in [0.15, 0.2) is 60.9 Å². The van der Waals surface area contributed by atoms with Gasteiger partial charge in [0.2, 0.25) is 11.8 Å². The fourth-order valence-corrected chi connectivity index (χ4v) is 6.33. The minimum absolute atomic E-state index is 0.0574. The van der Waals surface area contributed by atoms with Crippen LogP contribution in [0.5, 0.6) is 17.4 Å². The summed E-state index contributed by atoms with van der Waals surface area (Å²) in [6, 6.07) is 14.4. The molecule has 6 rings (SSSR count). The average molecular weight is 585 g/mol. The van der Waals surface area contributed by atoms with E-state index in [0.717, 1.165) is 53.4 Å². The van der Waals surface area contributed by atoms with Gasteiger partial charge in [-0.3, -0.25) is 4.79 Å². The number of amides is 1. The number of benzene rings is 2. The lowest BCUT2D eigenvalue weighted by molar-refractivity contribution is -0.120. The molecule has 0 bridgehead atoms. The van der Waals surface area contributed by atoms with E-state index < -0.39 is 17.5 Å². The number of carbonyl (C=O) groups excluding carboxylic acids is 1. The molecule has 0 saturated heterocycles. The number of nitrogens with zero attached hydrogens (tertiary/aromatic N) is 1. The number of hydrogen-bond acceptors (Lipinski definition) is 7. The number of anilines is 1. The highest BCUT2D eigenvalue weighted by atomic mass is 16.5. The maximum Gasteiger partial charge on any atom is 0.337 e. The number of carboxylic acids is 1. The van der Waals surface area contributed by atoms with E-state index in [9.17, 15) is 14.7 Å². The van der Waals surface area contributed by atoms with Crippen molar-refractivity contribution in [3.05, 3.63) is 77.6 Å². The number of aliphatic hydroxyl groups excluding tert-OH is 1. The van der Waals surface area contributed by atoms with Crippen molar-refractivity contribution in [1.82, 2.24) is 15.3 Å². The van der Waals surface area contributed by atoms with E-state index in [-0.39, 0.29) is 23.6 Å². The van der Waals surface area contributed by atoms with Gasteiger partial charge in [0.05, 0.1) is 16.5 Å². The quantitative estimate of drug-likeness (QED) is 0.162. The summed E-state index contributed by atoms with van der Waals surface area (Å²) < 4.78 is 12.1. The molecule has 1 aliphatic carbocycles. The van der Waals surface area contributed by atoms with Crippen molar-refractivity contribution < 1.29 is 29.3 Å². The Hall–Kier alpha value is -4.41. The summed E-state index contributed by atoms with van der Waals surface area (Å²) in [5.41, 5.74) is 2.88. The molecule has 2 aliphatic rings. The van der Waals surface area contributed by atoms with Gasteiger partial charge in [-0.1, -0.05) is 31.0 Å². The number of nitrogens with one attached hydrogen (secondary N) is 3. The van der Waals surface area contributed by atoms with E-state index in [1.165, 1.54) is 18.3 Å². The first-order valence-electron chi connectivity index (χ1n) is 14.6. The number of aromatic amines is 1. The number of fused-ring (bicyclic) bond motifs is 3. The van der Waals surface area contributed by atoms with E-state index in [1.807, 2.05) is 42.6 Å². The first kappa shape index (κ1) is 28.7. The SMILES string of the molecule is CC(C)(Cc1c[nH]c2c(Oc3ccc(C(=O)O)cn3)cccc12)NC[C@H](O)COc1cccc2c1C1(CCCC1)C(=O)N2. The third kappa shape index (κ3) is 5.68. The summed E-state index contributed by atoms with van der Waals surface area (Å²) in [5.74, 6) is 0.566. The van der Waals surface area contributed by atoms with Crippen molar-refractivity contribution in [1.29, 1.82) is 0 Å². The predicted octanol–water partition coefficient (Wildman–Crippen LogP) is 5.17. The molecule has 1 fully saturated rings. The molecule has 3 heterocycles. The molecule has 5 N–H and O–H groups in total. The van der Waals surface area contributed by atoms with Gasteiger partial charge in [-0.25, -0.2) is 9.78 Å². The Kier molecular flexibility index (Phi) is 7.57. The molecule has 1 saturated carbocycles. The van der Waals surface area contributed by atoms with Crippen molar-refractivity contribution >= 4 is 28.5 Å². The molecule has 4 aromatic rings. The van der Waals surface area contributed by atoms with Crippen molar-refractivity contribution in [3.8, 4) is 17.4 Å². The summed E-state index contributed by atoms with van der Waals surface area (Å²) in [6.45, 7) is 4.61. The molecule has 0 unspecified atom stereocenters. The first-order valence-corrected chi connectivity index (χ1v) is 14.6. The second-order valence-corrected chi connectivity index (χ2v) is 12.1. The molecule has 1 amide bonds. The minimum Gasteiger partial charge on any atom is -0.490 e. The number of para-hydroxylation sites is 1. The molecule has 10 nitrogen and oxygen atoms in total. The number of carboxylic acid groups (broad SMARTS) is 1. The lowest BCUT2D eigenvalue weighted by Gasteiger charge is -2.28. The van der Waals surface area contributed by atoms with Gasteiger partial charge in [-0.2, -0.15) is 0 Å². The third-order valence-corrected chi connectivity index (χ3v) is 8.49. The monoisotopic (exact) mass is 584 g/mol. The van der Waals surface area contributed by atoms with Crippen LogP contribution in [0.25, 0.3) is 10.9 Å². The second-order valence-electron chi connectivity index (χ2n) is 12.1. The van der Waals surface area contributed by atoms with Crippen molar-refractivity contribution in [3.63, 3.8) is 0 Å². The Balaban J connectivity index is 1.07. The number of β-amino-alcohol motifs (C(OH)–C–C–N with tert-alkyl or cyclic N) is 1. The van der Waals surface area contributed by atoms with E-state index in [0.29, 0.717) is 30.3 Å². The summed E-state index contributed by atoms with van der Waals surface area (Å²) >= 11 is 0. The molecule has 10 heteroatoms. The molecule has 43 heavy (non-hydrogen) atoms. The van der Waals surface area contributed by atoms with Gasteiger partial charge >= 0.3 is 5.97 Å². The number of hydrogen-bond donors (Lipinski definition) is 5. The highest BCUT2D eigenvalue weighted by Crippen LogP contribution is 2.52. The van der Waals surface area contributed by atoms with Crippen LogP contribution in [0.2, 0.25) is 0 Å². The fraction of sp³-hybridized carbons (Fsp3) is 0.364. The molecule has 2 aromatic heterocycles. The van der Waals surface area contributed by atoms with Crippen molar-refractivity contribution in [2.24, 2.45) is 0 Å². The standard InChI is InChI=1S/C33H36N4O6/c1-32(2,15-21-17-35-29-23(21)7-5-10-26(29)43-27-12-11-20(16-34-27)30(39)40)36-18-22(38)19-42-25-9-6-8-24-28(25)33(31(41)37-24)13-3-4-14-33/h5-12,16-17,22,35-36,38H,3-4,13-15,18-19H2,1-2H3,(H,37,41)(H,39,40)/t22-/m0/s1. The Morgan fingerprint density at radius 3 is 2.63 bits per heavy atom. The number of aromatic nitrogens is 2. The topological polar surface area (TPSA) is 146 Å². The molecule has 0 radical (unpaired) electrons. The zero-order valence-corrected chi connectivity index (χ0v) is 24.3. The lowest BCUT2D eigenvalue weighted by Crippen LogP contribution is -2.46. The lowest BCUT2D eigenvalue weighted by atomic mass is 9.79. The third-order valence-electron chi connectivity index (χ3n) is 8.49. The largest absolute Gasteiger partial charge is 0.490 e. The smallest absolute Gasteiger partial charge is 0.337 e. The molecule has 2 aromatic carbocycles. The summed E-state index contributed by atoms with van der Waals surface area (Å²) in [4.78, 5) is 31.4. The first-order chi connectivity index (χ1) is 20.6. The Labute approximate surface area is 249 Å². The number of aromatic carboxylic acids is 1. The molecular formula is C33H36N4O6. The van der Waals surface area contributed by atoms with Gasteiger partial charge in [0, 0.05) is 47.2 Å². The summed E-state index contributed by atoms with van der Waals surface area (Å²) in [5, 5.41) is 27.4. The van der Waals surface area contributed by atoms with Gasteiger partial charge in [0.15, 0.2) is 5.75 Å². The molecule has 224 valence electrons. The molecule has 1 aliphatic heterocycles. The predicted molar refractivity (Wildman–Crippen MR) is 162 cm³/mol. The summed E-state index contributed by atoms with van der Waals surface area (Å²) in [7, 11) is 0. The van der Waals surface area contributed by atoms with Crippen LogP contribution < -0.4 is 20.1 Å². The maximum atomic E-state index is 12.8. The molecule has 1 spiro atoms. The zero-order chi connectivity index (χ0) is 30.2. The number of ether oxygens (including phenoxy) is 2. The van der Waals surface area contributed by atoms with E-state index in [1.54, 1.807) is 0 Å². The van der Waals surface area contributed by atoms with Crippen LogP contribution in [0, 0.1) is 0 Å². The van der Waals surface area contributed by atoms with Crippen LogP contribution in [-0.4, -0.2) is 56.9 Å². The van der Waals surface area contributed by atoms with Crippen LogP contribution in [0.1, 0.15) is 61.0 Å². The average Bonchev–Trinajstić information content (AvgIpc) is 3.70. The number of rotatable bonds is 11. The summed E-state index contributed by atoms with van der Waals surface area (Å²) in [6.07, 6.45) is 6.83. The van der Waals surface area contributed by atoms with E-state index in [2.05, 4.69) is 34.4 Å². The Morgan fingerprint density at radius 1 is 1.12 bits per heavy atom. The van der Waals surface area contributed by atoms with Crippen LogP contribution in [-0.2, 0) is 16.6 Å². The van der Waals surface area contributed by atoms with Gasteiger partial charge in [-0.15, -0.1) is 0 Å². The molecule has 1 atom stereocenters. The number of pyridine rings is 1. The van der Waals surface area contributed by atoms with E-state index >= 15 is 0 Å². The van der Waals surface area contributed by atoms with Gasteiger partial charge in [0.1, 0.15) is 18.5 Å².